The molecular formula is C10H21B. The molecule has 0 radical (unpaired) electrons. The van der Waals surface area contributed by atoms with Crippen LogP contribution < -0.4 is 0 Å². The molecule has 0 aromatic carbocycles. The zero-order chi connectivity index (χ0) is 8.10. The first-order valence-corrected chi connectivity index (χ1v) is 5.38. The van der Waals surface area contributed by atoms with E-state index in [1.165, 1.54) is 44.7 Å². The van der Waals surface area contributed by atoms with Gasteiger partial charge in [-0.05, 0) is 0 Å². The molecule has 1 fully saturated rings. The van der Waals surface area contributed by atoms with E-state index in [1.807, 2.05) is 0 Å². The van der Waals surface area contributed by atoms with Crippen molar-refractivity contribution in [2.45, 2.75) is 64.4 Å². The Bertz CT molecular complexity index is 91.0. The Kier molecular flexibility index (Phi) is 4.03. The molecule has 0 atom stereocenters. The molecular weight excluding hydrogens is 131 g/mol. The Hall–Kier alpha value is 0.0649. The fourth-order valence-corrected chi connectivity index (χ4v) is 2.56. The van der Waals surface area contributed by atoms with Crippen LogP contribution in [0, 0.1) is 0 Å². The molecule has 1 rings (SSSR count). The summed E-state index contributed by atoms with van der Waals surface area (Å²) in [5.74, 6) is 1.08. The van der Waals surface area contributed by atoms with E-state index in [9.17, 15) is 0 Å². The maximum absolute atomic E-state index is 2.35. The molecule has 0 saturated heterocycles. The predicted octanol–water partition coefficient (Wildman–Crippen LogP) is 3.86. The zero-order valence-electron chi connectivity index (χ0n) is 8.10. The summed E-state index contributed by atoms with van der Waals surface area (Å²) >= 11 is 0. The van der Waals surface area contributed by atoms with E-state index < -0.39 is 0 Å². The summed E-state index contributed by atoms with van der Waals surface area (Å²) in [5.41, 5.74) is 0. The summed E-state index contributed by atoms with van der Waals surface area (Å²) in [6.45, 7) is 5.74. The second kappa shape index (κ2) is 4.85. The first-order valence-electron chi connectivity index (χ1n) is 5.38. The standard InChI is InChI=1S/C10H21B/c1-3-11(4-2)10-8-6-5-7-9-10/h10H,3-9H2,1-2H3. The molecule has 0 heterocycles. The van der Waals surface area contributed by atoms with E-state index in [1.54, 1.807) is 0 Å². The summed E-state index contributed by atoms with van der Waals surface area (Å²) in [5, 5.41) is 0. The van der Waals surface area contributed by atoms with E-state index in [0.717, 1.165) is 12.5 Å². The van der Waals surface area contributed by atoms with Gasteiger partial charge in [-0.15, -0.1) is 0 Å². The molecule has 11 heavy (non-hydrogen) atoms. The Morgan fingerprint density at radius 1 is 1.00 bits per heavy atom. The van der Waals surface area contributed by atoms with Crippen LogP contribution in [0.4, 0.5) is 0 Å². The summed E-state index contributed by atoms with van der Waals surface area (Å²) in [4.78, 5) is 0. The third-order valence-electron chi connectivity index (χ3n) is 3.37. The quantitative estimate of drug-likeness (QED) is 0.538. The Morgan fingerprint density at radius 3 is 2.00 bits per heavy atom. The molecule has 0 spiro atoms. The van der Waals surface area contributed by atoms with Crippen LogP contribution in [0.5, 0.6) is 0 Å². The Labute approximate surface area is 71.8 Å². The predicted molar refractivity (Wildman–Crippen MR) is 53.6 cm³/mol. The third kappa shape index (κ3) is 2.54. The summed E-state index contributed by atoms with van der Waals surface area (Å²) in [7, 11) is 0. The molecule has 0 N–H and O–H groups in total. The first kappa shape index (κ1) is 9.16. The highest BCUT2D eigenvalue weighted by molar-refractivity contribution is 6.60. The zero-order valence-corrected chi connectivity index (χ0v) is 8.10. The average molecular weight is 152 g/mol. The summed E-state index contributed by atoms with van der Waals surface area (Å²) < 4.78 is 0. The van der Waals surface area contributed by atoms with Crippen molar-refractivity contribution in [3.8, 4) is 0 Å². The van der Waals surface area contributed by atoms with E-state index in [2.05, 4.69) is 13.8 Å². The molecule has 1 heteroatoms. The molecule has 0 aromatic heterocycles. The van der Waals surface area contributed by atoms with Crippen LogP contribution in [0.1, 0.15) is 46.0 Å². The topological polar surface area (TPSA) is 0 Å². The van der Waals surface area contributed by atoms with Gasteiger partial charge in [-0.25, -0.2) is 0 Å². The minimum absolute atomic E-state index is 1.04. The Morgan fingerprint density at radius 2 is 1.55 bits per heavy atom. The smallest absolute Gasteiger partial charge is 0.0768 e. The van der Waals surface area contributed by atoms with Gasteiger partial charge in [0.25, 0.3) is 0 Å². The lowest BCUT2D eigenvalue weighted by atomic mass is 9.35. The third-order valence-corrected chi connectivity index (χ3v) is 3.37. The van der Waals surface area contributed by atoms with Gasteiger partial charge in [0.15, 0.2) is 0 Å². The fourth-order valence-electron chi connectivity index (χ4n) is 2.56. The van der Waals surface area contributed by atoms with E-state index >= 15 is 0 Å². The van der Waals surface area contributed by atoms with Crippen molar-refractivity contribution in [2.75, 3.05) is 0 Å². The van der Waals surface area contributed by atoms with Gasteiger partial charge >= 0.3 is 0 Å². The number of hydrogen-bond acceptors (Lipinski definition) is 0. The van der Waals surface area contributed by atoms with Gasteiger partial charge in [0, 0.05) is 0 Å². The van der Waals surface area contributed by atoms with E-state index in [0.29, 0.717) is 0 Å². The lowest BCUT2D eigenvalue weighted by molar-refractivity contribution is 0.495. The molecule has 0 nitrogen and oxygen atoms in total. The van der Waals surface area contributed by atoms with Crippen molar-refractivity contribution in [1.82, 2.24) is 0 Å². The first-order chi connectivity index (χ1) is 5.38. The van der Waals surface area contributed by atoms with Gasteiger partial charge in [-0.1, -0.05) is 64.4 Å². The lowest BCUT2D eigenvalue weighted by Crippen LogP contribution is -2.20. The van der Waals surface area contributed by atoms with Gasteiger partial charge in [0.05, 0.1) is 0 Å². The molecule has 1 aliphatic carbocycles. The van der Waals surface area contributed by atoms with Gasteiger partial charge in [0.1, 0.15) is 6.71 Å². The highest BCUT2D eigenvalue weighted by Gasteiger charge is 2.23. The van der Waals surface area contributed by atoms with Crippen molar-refractivity contribution < 1.29 is 0 Å². The van der Waals surface area contributed by atoms with Crippen LogP contribution in [0.2, 0.25) is 18.5 Å². The van der Waals surface area contributed by atoms with Crippen molar-refractivity contribution in [3.63, 3.8) is 0 Å². The molecule has 0 aliphatic heterocycles. The highest BCUT2D eigenvalue weighted by atomic mass is 14.1. The second-order valence-corrected chi connectivity index (χ2v) is 3.97. The van der Waals surface area contributed by atoms with Crippen LogP contribution >= 0.6 is 0 Å². The highest BCUT2D eigenvalue weighted by Crippen LogP contribution is 2.33. The molecule has 0 bridgehead atoms. The SMILES string of the molecule is CCB(CC)C1CCCCC1. The molecule has 1 aliphatic rings. The van der Waals surface area contributed by atoms with Gasteiger partial charge in [0.2, 0.25) is 0 Å². The van der Waals surface area contributed by atoms with Crippen LogP contribution in [-0.4, -0.2) is 6.71 Å². The fraction of sp³-hybridized carbons (Fsp3) is 1.00. The van der Waals surface area contributed by atoms with Crippen molar-refractivity contribution in [3.05, 3.63) is 0 Å². The monoisotopic (exact) mass is 152 g/mol. The van der Waals surface area contributed by atoms with E-state index in [4.69, 9.17) is 0 Å². The second-order valence-electron chi connectivity index (χ2n) is 3.97. The van der Waals surface area contributed by atoms with Gasteiger partial charge < -0.3 is 0 Å². The van der Waals surface area contributed by atoms with Crippen molar-refractivity contribution in [1.29, 1.82) is 0 Å². The number of hydrogen-bond donors (Lipinski definition) is 0. The van der Waals surface area contributed by atoms with Crippen molar-refractivity contribution in [2.24, 2.45) is 0 Å². The minimum atomic E-state index is 1.04. The molecule has 1 saturated carbocycles. The van der Waals surface area contributed by atoms with Crippen LogP contribution in [0.3, 0.4) is 0 Å². The maximum atomic E-state index is 2.35. The van der Waals surface area contributed by atoms with Crippen LogP contribution in [-0.2, 0) is 0 Å². The summed E-state index contributed by atoms with van der Waals surface area (Å²) in [6, 6.07) is 0. The average Bonchev–Trinajstić information content (AvgIpc) is 2.09. The van der Waals surface area contributed by atoms with Crippen molar-refractivity contribution >= 4 is 6.71 Å². The minimum Gasteiger partial charge on any atom is -0.0768 e. The molecule has 0 aromatic rings. The summed E-state index contributed by atoms with van der Waals surface area (Å²) in [6.07, 6.45) is 10.3. The Balaban J connectivity index is 2.30. The number of rotatable bonds is 3. The van der Waals surface area contributed by atoms with Crippen LogP contribution in [0.25, 0.3) is 0 Å². The van der Waals surface area contributed by atoms with E-state index in [-0.39, 0.29) is 0 Å². The lowest BCUT2D eigenvalue weighted by Gasteiger charge is -2.26. The van der Waals surface area contributed by atoms with Gasteiger partial charge in [-0.2, -0.15) is 0 Å². The largest absolute Gasteiger partial charge is 0.142 e. The molecule has 0 amide bonds. The maximum Gasteiger partial charge on any atom is 0.142 e. The molecule has 0 unspecified atom stereocenters. The van der Waals surface area contributed by atoms with Gasteiger partial charge in [-0.3, -0.25) is 0 Å². The normalized spacial score (nSPS) is 20.2. The molecule has 64 valence electrons. The van der Waals surface area contributed by atoms with Crippen LogP contribution in [0.15, 0.2) is 0 Å².